The van der Waals surface area contributed by atoms with Crippen molar-refractivity contribution >= 4 is 0 Å². The quantitative estimate of drug-likeness (QED) is 0.354. The molecule has 0 amide bonds. The van der Waals surface area contributed by atoms with Crippen molar-refractivity contribution < 1.29 is 27.1 Å². The minimum absolute atomic E-state index is 0.0348. The number of hydrogen-bond donors (Lipinski definition) is 3. The summed E-state index contributed by atoms with van der Waals surface area (Å²) >= 11 is 0. The Kier molecular flexibility index (Phi) is 9.17. The van der Waals surface area contributed by atoms with Gasteiger partial charge in [0.2, 0.25) is 0 Å². The van der Waals surface area contributed by atoms with Gasteiger partial charge in [-0.2, -0.15) is 13.2 Å². The van der Waals surface area contributed by atoms with Gasteiger partial charge < -0.3 is 15.7 Å². The maximum Gasteiger partial charge on any atom is 0.401 e. The Morgan fingerprint density at radius 2 is 1.58 bits per heavy atom. The molecule has 8 heteroatoms. The molecule has 2 aromatic rings. The molecule has 0 saturated heterocycles. The van der Waals surface area contributed by atoms with E-state index in [1.807, 2.05) is 6.07 Å². The van der Waals surface area contributed by atoms with Crippen LogP contribution in [0.2, 0.25) is 0 Å². The van der Waals surface area contributed by atoms with E-state index in [1.54, 1.807) is 0 Å². The van der Waals surface area contributed by atoms with Crippen LogP contribution >= 0.6 is 0 Å². The van der Waals surface area contributed by atoms with Crippen molar-refractivity contribution in [2.45, 2.75) is 88.6 Å². The standard InChI is InChI=1S/C28H37F5N2O/c1-26(2,3)20-8-7-9-21(15-20)27(10-5-4-6-11-27)35-17-25(36)24(34-18-28(31,32)33)14-19-12-22(29)16-23(30)13-19/h7-9,12-13,15-16,24-25,34-36H,4-6,10-11,14,17-18H2,1-3H3. The topological polar surface area (TPSA) is 44.3 Å². The van der Waals surface area contributed by atoms with Gasteiger partial charge in [-0.3, -0.25) is 0 Å². The van der Waals surface area contributed by atoms with Crippen LogP contribution in [0, 0.1) is 11.6 Å². The van der Waals surface area contributed by atoms with Crippen LogP contribution in [0.3, 0.4) is 0 Å². The first kappa shape index (κ1) is 28.5. The van der Waals surface area contributed by atoms with Crippen LogP contribution in [-0.4, -0.2) is 36.5 Å². The van der Waals surface area contributed by atoms with Crippen LogP contribution in [-0.2, 0) is 17.4 Å². The lowest BCUT2D eigenvalue weighted by atomic mass is 9.74. The lowest BCUT2D eigenvalue weighted by Gasteiger charge is -2.41. The van der Waals surface area contributed by atoms with Crippen molar-refractivity contribution in [3.63, 3.8) is 0 Å². The molecule has 1 aliphatic rings. The number of aliphatic hydroxyl groups is 1. The van der Waals surface area contributed by atoms with E-state index in [4.69, 9.17) is 0 Å². The van der Waals surface area contributed by atoms with Crippen LogP contribution in [0.25, 0.3) is 0 Å². The smallest absolute Gasteiger partial charge is 0.390 e. The molecule has 0 radical (unpaired) electrons. The second-order valence-corrected chi connectivity index (χ2v) is 11.0. The zero-order valence-electron chi connectivity index (χ0n) is 21.2. The summed E-state index contributed by atoms with van der Waals surface area (Å²) in [5.41, 5.74) is 2.02. The van der Waals surface area contributed by atoms with Gasteiger partial charge >= 0.3 is 6.18 Å². The normalized spacial score (nSPS) is 18.1. The third kappa shape index (κ3) is 7.98. The summed E-state index contributed by atoms with van der Waals surface area (Å²) < 4.78 is 66.2. The van der Waals surface area contributed by atoms with Crippen LogP contribution in [0.1, 0.15) is 69.6 Å². The molecule has 2 aromatic carbocycles. The summed E-state index contributed by atoms with van der Waals surface area (Å²) in [5.74, 6) is -1.63. The number of hydrogen-bond acceptors (Lipinski definition) is 3. The molecule has 1 fully saturated rings. The molecule has 2 atom stereocenters. The van der Waals surface area contributed by atoms with Gasteiger partial charge in [0, 0.05) is 24.2 Å². The highest BCUT2D eigenvalue weighted by Crippen LogP contribution is 2.38. The summed E-state index contributed by atoms with van der Waals surface area (Å²) in [6.07, 6.45) is -1.06. The van der Waals surface area contributed by atoms with E-state index in [0.29, 0.717) is 6.07 Å². The van der Waals surface area contributed by atoms with Crippen molar-refractivity contribution in [3.8, 4) is 0 Å². The molecule has 0 bridgehead atoms. The van der Waals surface area contributed by atoms with Gasteiger partial charge in [-0.25, -0.2) is 8.78 Å². The van der Waals surface area contributed by atoms with Crippen LogP contribution in [0.15, 0.2) is 42.5 Å². The summed E-state index contributed by atoms with van der Waals surface area (Å²) in [7, 11) is 0. The summed E-state index contributed by atoms with van der Waals surface area (Å²) in [6.45, 7) is 5.15. The average molecular weight is 513 g/mol. The van der Waals surface area contributed by atoms with Crippen molar-refractivity contribution in [1.82, 2.24) is 10.6 Å². The first-order valence-electron chi connectivity index (χ1n) is 12.6. The van der Waals surface area contributed by atoms with Crippen molar-refractivity contribution in [2.24, 2.45) is 0 Å². The molecular weight excluding hydrogens is 475 g/mol. The van der Waals surface area contributed by atoms with Crippen LogP contribution < -0.4 is 10.6 Å². The molecule has 0 spiro atoms. The Morgan fingerprint density at radius 1 is 0.944 bits per heavy atom. The van der Waals surface area contributed by atoms with E-state index in [-0.39, 0.29) is 23.9 Å². The van der Waals surface area contributed by atoms with E-state index in [0.717, 1.165) is 49.8 Å². The molecule has 3 N–H and O–H groups in total. The molecular formula is C28H37F5N2O. The number of halogens is 5. The molecule has 1 aliphatic carbocycles. The maximum atomic E-state index is 13.7. The molecule has 1 saturated carbocycles. The van der Waals surface area contributed by atoms with E-state index < -0.39 is 42.0 Å². The second-order valence-electron chi connectivity index (χ2n) is 11.0. The minimum atomic E-state index is -4.49. The van der Waals surface area contributed by atoms with Gasteiger partial charge in [-0.15, -0.1) is 0 Å². The second kappa shape index (κ2) is 11.6. The summed E-state index contributed by atoms with van der Waals surface area (Å²) in [4.78, 5) is 0. The van der Waals surface area contributed by atoms with Crippen molar-refractivity contribution in [3.05, 3.63) is 70.8 Å². The third-order valence-electron chi connectivity index (χ3n) is 7.04. The zero-order valence-corrected chi connectivity index (χ0v) is 21.2. The predicted octanol–water partition coefficient (Wildman–Crippen LogP) is 6.14. The molecule has 0 heterocycles. The maximum absolute atomic E-state index is 13.7. The number of aliphatic hydroxyl groups excluding tert-OH is 1. The van der Waals surface area contributed by atoms with Gasteiger partial charge in [0.05, 0.1) is 12.6 Å². The lowest BCUT2D eigenvalue weighted by molar-refractivity contribution is -0.127. The molecule has 3 rings (SSSR count). The Morgan fingerprint density at radius 3 is 2.17 bits per heavy atom. The van der Waals surface area contributed by atoms with E-state index >= 15 is 0 Å². The molecule has 3 nitrogen and oxygen atoms in total. The van der Waals surface area contributed by atoms with Gasteiger partial charge in [-0.1, -0.05) is 64.3 Å². The molecule has 0 aliphatic heterocycles. The highest BCUT2D eigenvalue weighted by molar-refractivity contribution is 5.34. The lowest BCUT2D eigenvalue weighted by Crippen LogP contribution is -2.53. The third-order valence-corrected chi connectivity index (χ3v) is 7.04. The van der Waals surface area contributed by atoms with Gasteiger partial charge in [0.15, 0.2) is 0 Å². The van der Waals surface area contributed by atoms with Crippen LogP contribution in [0.4, 0.5) is 22.0 Å². The molecule has 0 aromatic heterocycles. The predicted molar refractivity (Wildman–Crippen MR) is 132 cm³/mol. The monoisotopic (exact) mass is 512 g/mol. The largest absolute Gasteiger partial charge is 0.401 e. The Bertz CT molecular complexity index is 976. The fourth-order valence-corrected chi connectivity index (χ4v) is 5.02. The van der Waals surface area contributed by atoms with Gasteiger partial charge in [0.25, 0.3) is 0 Å². The number of rotatable bonds is 9. The fraction of sp³-hybridized carbons (Fsp3) is 0.571. The van der Waals surface area contributed by atoms with E-state index in [9.17, 15) is 27.1 Å². The summed E-state index contributed by atoms with van der Waals surface area (Å²) in [5, 5.41) is 16.9. The first-order chi connectivity index (χ1) is 16.8. The van der Waals surface area contributed by atoms with Gasteiger partial charge in [-0.05, 0) is 53.5 Å². The molecule has 36 heavy (non-hydrogen) atoms. The Labute approximate surface area is 210 Å². The van der Waals surface area contributed by atoms with Crippen LogP contribution in [0.5, 0.6) is 0 Å². The van der Waals surface area contributed by atoms with Crippen molar-refractivity contribution in [2.75, 3.05) is 13.1 Å². The van der Waals surface area contributed by atoms with Crippen molar-refractivity contribution in [1.29, 1.82) is 0 Å². The Balaban J connectivity index is 1.81. The average Bonchev–Trinajstić information content (AvgIpc) is 2.79. The van der Waals surface area contributed by atoms with E-state index in [2.05, 4.69) is 49.6 Å². The minimum Gasteiger partial charge on any atom is -0.390 e. The number of nitrogens with one attached hydrogen (secondary N) is 2. The first-order valence-corrected chi connectivity index (χ1v) is 12.6. The fourth-order valence-electron chi connectivity index (χ4n) is 5.02. The summed E-state index contributed by atoms with van der Waals surface area (Å²) in [6, 6.07) is 10.2. The molecule has 200 valence electrons. The molecule has 2 unspecified atom stereocenters. The number of alkyl halides is 3. The highest BCUT2D eigenvalue weighted by Gasteiger charge is 2.36. The number of benzene rings is 2. The van der Waals surface area contributed by atoms with E-state index in [1.165, 1.54) is 5.56 Å². The Hall–Kier alpha value is -2.03. The SMILES string of the molecule is CC(C)(C)c1cccc(C2(NCC(O)C(Cc3cc(F)cc(F)c3)NCC(F)(F)F)CCCCC2)c1. The highest BCUT2D eigenvalue weighted by atomic mass is 19.4. The van der Waals surface area contributed by atoms with Gasteiger partial charge in [0.1, 0.15) is 11.6 Å². The zero-order chi connectivity index (χ0) is 26.6.